The van der Waals surface area contributed by atoms with E-state index in [2.05, 4.69) is 40.7 Å². The molecule has 0 bridgehead atoms. The molecule has 1 saturated heterocycles. The molecule has 24 heavy (non-hydrogen) atoms. The van der Waals surface area contributed by atoms with Crippen molar-refractivity contribution in [3.8, 4) is 0 Å². The number of aryl methyl sites for hydroxylation is 1. The first kappa shape index (κ1) is 15.4. The number of nitrogens with zero attached hydrogens (tertiary/aromatic N) is 3. The third kappa shape index (κ3) is 2.85. The van der Waals surface area contributed by atoms with Crippen LogP contribution in [0.25, 0.3) is 0 Å². The monoisotopic (exact) mass is 323 g/mol. The molecule has 1 aromatic heterocycles. The van der Waals surface area contributed by atoms with Crippen LogP contribution in [0.3, 0.4) is 0 Å². The molecule has 1 amide bonds. The van der Waals surface area contributed by atoms with Crippen molar-refractivity contribution < 1.29 is 4.79 Å². The summed E-state index contributed by atoms with van der Waals surface area (Å²) in [4.78, 5) is 19.2. The Morgan fingerprint density at radius 2 is 1.88 bits per heavy atom. The summed E-state index contributed by atoms with van der Waals surface area (Å²) in [6.45, 7) is 4.63. The van der Waals surface area contributed by atoms with Gasteiger partial charge in [-0.1, -0.05) is 43.2 Å². The Kier molecular flexibility index (Phi) is 4.13. The lowest BCUT2D eigenvalue weighted by Gasteiger charge is -2.40. The van der Waals surface area contributed by atoms with Crippen molar-refractivity contribution in [2.24, 2.45) is 5.92 Å². The summed E-state index contributed by atoms with van der Waals surface area (Å²) in [5, 5.41) is 0. The molecular formula is C20H25N3O. The Labute approximate surface area is 143 Å². The molecule has 1 aromatic carbocycles. The predicted molar refractivity (Wildman–Crippen MR) is 93.8 cm³/mol. The van der Waals surface area contributed by atoms with Gasteiger partial charge in [0.05, 0.1) is 5.92 Å². The van der Waals surface area contributed by atoms with Gasteiger partial charge in [0.2, 0.25) is 5.91 Å². The van der Waals surface area contributed by atoms with Gasteiger partial charge in [-0.15, -0.1) is 0 Å². The van der Waals surface area contributed by atoms with E-state index >= 15 is 0 Å². The minimum absolute atomic E-state index is 0.289. The van der Waals surface area contributed by atoms with Crippen molar-refractivity contribution in [3.63, 3.8) is 0 Å². The molecule has 4 heteroatoms. The van der Waals surface area contributed by atoms with E-state index in [1.54, 1.807) is 0 Å². The average molecular weight is 323 g/mol. The number of rotatable bonds is 4. The van der Waals surface area contributed by atoms with Crippen LogP contribution in [0.4, 0.5) is 0 Å². The second kappa shape index (κ2) is 6.42. The van der Waals surface area contributed by atoms with E-state index < -0.39 is 0 Å². The number of aromatic nitrogens is 2. The molecule has 4 rings (SSSR count). The fourth-order valence-electron chi connectivity index (χ4n) is 4.03. The molecule has 2 fully saturated rings. The highest BCUT2D eigenvalue weighted by molar-refractivity contribution is 5.80. The molecular weight excluding hydrogens is 298 g/mol. The molecule has 1 aliphatic heterocycles. The van der Waals surface area contributed by atoms with Crippen LogP contribution in [0, 0.1) is 12.8 Å². The normalized spacial score (nSPS) is 18.8. The van der Waals surface area contributed by atoms with Crippen LogP contribution in [0.1, 0.15) is 48.7 Å². The van der Waals surface area contributed by atoms with Gasteiger partial charge in [-0.3, -0.25) is 4.79 Å². The average Bonchev–Trinajstić information content (AvgIpc) is 3.20. The second-order valence-electron chi connectivity index (χ2n) is 7.25. The molecule has 0 unspecified atom stereocenters. The van der Waals surface area contributed by atoms with Crippen LogP contribution in [0.2, 0.25) is 0 Å². The van der Waals surface area contributed by atoms with Crippen LogP contribution >= 0.6 is 0 Å². The van der Waals surface area contributed by atoms with Crippen LogP contribution in [-0.2, 0) is 11.3 Å². The van der Waals surface area contributed by atoms with Gasteiger partial charge in [-0.25, -0.2) is 4.98 Å². The van der Waals surface area contributed by atoms with Crippen LogP contribution < -0.4 is 0 Å². The molecule has 2 heterocycles. The first-order chi connectivity index (χ1) is 11.7. The summed E-state index contributed by atoms with van der Waals surface area (Å²) >= 11 is 0. The highest BCUT2D eigenvalue weighted by atomic mass is 16.2. The zero-order valence-corrected chi connectivity index (χ0v) is 14.3. The topological polar surface area (TPSA) is 38.1 Å². The number of benzene rings is 1. The van der Waals surface area contributed by atoms with E-state index in [1.165, 1.54) is 24.1 Å². The van der Waals surface area contributed by atoms with E-state index in [-0.39, 0.29) is 5.92 Å². The van der Waals surface area contributed by atoms with Crippen LogP contribution in [0.15, 0.2) is 36.5 Å². The van der Waals surface area contributed by atoms with Gasteiger partial charge < -0.3 is 9.47 Å². The van der Waals surface area contributed by atoms with Crippen molar-refractivity contribution in [2.75, 3.05) is 13.1 Å². The number of carbonyl (C=O) groups is 1. The lowest BCUT2D eigenvalue weighted by atomic mass is 9.95. The highest BCUT2D eigenvalue weighted by Gasteiger charge is 2.38. The van der Waals surface area contributed by atoms with Gasteiger partial charge >= 0.3 is 0 Å². The van der Waals surface area contributed by atoms with Gasteiger partial charge in [-0.2, -0.15) is 0 Å². The molecule has 2 aromatic rings. The first-order valence-electron chi connectivity index (χ1n) is 9.07. The van der Waals surface area contributed by atoms with Crippen molar-refractivity contribution in [1.29, 1.82) is 0 Å². The van der Waals surface area contributed by atoms with Crippen molar-refractivity contribution in [3.05, 3.63) is 53.6 Å². The van der Waals surface area contributed by atoms with Crippen LogP contribution in [0.5, 0.6) is 0 Å². The maximum Gasteiger partial charge on any atom is 0.225 e. The quantitative estimate of drug-likeness (QED) is 0.865. The molecule has 0 radical (unpaired) electrons. The predicted octanol–water partition coefficient (Wildman–Crippen LogP) is 3.36. The lowest BCUT2D eigenvalue weighted by molar-refractivity contribution is -0.140. The standard InChI is InChI=1S/C20H25N3O/c1-15-11-21-19(23(15)12-16-7-3-2-4-8-16)18-13-22(14-18)20(24)17-9-5-6-10-17/h2-4,7-8,11,17-18H,5-6,9-10,12-14H2,1H3. The third-order valence-corrected chi connectivity index (χ3v) is 5.53. The largest absolute Gasteiger partial charge is 0.341 e. The summed E-state index contributed by atoms with van der Waals surface area (Å²) < 4.78 is 2.30. The summed E-state index contributed by atoms with van der Waals surface area (Å²) in [6.07, 6.45) is 6.56. The number of carbonyl (C=O) groups excluding carboxylic acids is 1. The Morgan fingerprint density at radius 3 is 2.58 bits per heavy atom. The number of amides is 1. The van der Waals surface area contributed by atoms with Crippen molar-refractivity contribution in [1.82, 2.24) is 14.5 Å². The highest BCUT2D eigenvalue weighted by Crippen LogP contribution is 2.32. The van der Waals surface area contributed by atoms with Gasteiger partial charge in [0.1, 0.15) is 5.82 Å². The smallest absolute Gasteiger partial charge is 0.225 e. The van der Waals surface area contributed by atoms with Gasteiger partial charge in [-0.05, 0) is 25.3 Å². The number of hydrogen-bond acceptors (Lipinski definition) is 2. The number of imidazole rings is 1. The summed E-state index contributed by atoms with van der Waals surface area (Å²) in [5.74, 6) is 2.18. The van der Waals surface area contributed by atoms with Gasteiger partial charge in [0.15, 0.2) is 0 Å². The number of hydrogen-bond donors (Lipinski definition) is 0. The molecule has 1 saturated carbocycles. The molecule has 2 aliphatic rings. The van der Waals surface area contributed by atoms with E-state index in [4.69, 9.17) is 0 Å². The second-order valence-corrected chi connectivity index (χ2v) is 7.25. The fraction of sp³-hybridized carbons (Fsp3) is 0.500. The van der Waals surface area contributed by atoms with E-state index in [0.717, 1.165) is 38.3 Å². The van der Waals surface area contributed by atoms with Crippen molar-refractivity contribution >= 4 is 5.91 Å². The Bertz CT molecular complexity index is 710. The minimum atomic E-state index is 0.289. The summed E-state index contributed by atoms with van der Waals surface area (Å²) in [5.41, 5.74) is 2.48. The maximum atomic E-state index is 12.5. The Hall–Kier alpha value is -2.10. The zero-order chi connectivity index (χ0) is 16.5. The summed E-state index contributed by atoms with van der Waals surface area (Å²) in [6, 6.07) is 10.5. The van der Waals surface area contributed by atoms with E-state index in [0.29, 0.717) is 11.8 Å². The Balaban J connectivity index is 1.44. The van der Waals surface area contributed by atoms with Crippen LogP contribution in [-0.4, -0.2) is 33.4 Å². The van der Waals surface area contributed by atoms with E-state index in [1.807, 2.05) is 17.2 Å². The summed E-state index contributed by atoms with van der Waals surface area (Å²) in [7, 11) is 0. The lowest BCUT2D eigenvalue weighted by Crippen LogP contribution is -2.51. The molecule has 4 nitrogen and oxygen atoms in total. The zero-order valence-electron chi connectivity index (χ0n) is 14.3. The van der Waals surface area contributed by atoms with Gasteiger partial charge in [0, 0.05) is 37.4 Å². The molecule has 126 valence electrons. The van der Waals surface area contributed by atoms with Gasteiger partial charge in [0.25, 0.3) is 0 Å². The molecule has 0 N–H and O–H groups in total. The number of likely N-dealkylation sites (tertiary alicyclic amines) is 1. The SMILES string of the molecule is Cc1cnc(C2CN(C(=O)C3CCCC3)C2)n1Cc1ccccc1. The first-order valence-corrected chi connectivity index (χ1v) is 9.07. The molecule has 0 atom stereocenters. The molecule has 0 spiro atoms. The fourth-order valence-corrected chi connectivity index (χ4v) is 4.03. The van der Waals surface area contributed by atoms with E-state index in [9.17, 15) is 4.79 Å². The minimum Gasteiger partial charge on any atom is -0.341 e. The molecule has 1 aliphatic carbocycles. The Morgan fingerprint density at radius 1 is 1.17 bits per heavy atom. The third-order valence-electron chi connectivity index (χ3n) is 5.53. The maximum absolute atomic E-state index is 12.5. The van der Waals surface area contributed by atoms with Crippen molar-refractivity contribution in [2.45, 2.75) is 45.1 Å².